The summed E-state index contributed by atoms with van der Waals surface area (Å²) in [6.45, 7) is 4.38. The average molecular weight is 182 g/mol. The van der Waals surface area contributed by atoms with Gasteiger partial charge in [-0.2, -0.15) is 11.8 Å². The first-order valence-corrected chi connectivity index (χ1v) is 5.05. The van der Waals surface area contributed by atoms with E-state index in [-0.39, 0.29) is 0 Å². The second-order valence-electron chi connectivity index (χ2n) is 2.95. The Morgan fingerprint density at radius 2 is 2.25 bits per heavy atom. The summed E-state index contributed by atoms with van der Waals surface area (Å²) in [7, 11) is 0. The molecule has 2 N–H and O–H groups in total. The molecule has 0 atom stereocenters. The van der Waals surface area contributed by atoms with Gasteiger partial charge in [0.25, 0.3) is 0 Å². The average Bonchev–Trinajstić information content (AvgIpc) is 2.03. The van der Waals surface area contributed by atoms with Crippen LogP contribution in [0.15, 0.2) is 18.3 Å². The number of aromatic nitrogens is 1. The maximum Gasteiger partial charge on any atom is 0.123 e. The molecule has 0 saturated carbocycles. The Bertz CT molecular complexity index is 231. The highest BCUT2D eigenvalue weighted by molar-refractivity contribution is 7.99. The Morgan fingerprint density at radius 1 is 1.50 bits per heavy atom. The third-order valence-electron chi connectivity index (χ3n) is 1.43. The molecule has 0 saturated heterocycles. The van der Waals surface area contributed by atoms with Crippen LogP contribution in [0.2, 0.25) is 0 Å². The molecule has 0 spiro atoms. The van der Waals surface area contributed by atoms with Crippen molar-refractivity contribution in [3.8, 4) is 0 Å². The fourth-order valence-electron chi connectivity index (χ4n) is 0.784. The van der Waals surface area contributed by atoms with Gasteiger partial charge in [-0.1, -0.05) is 19.9 Å². The van der Waals surface area contributed by atoms with Crippen LogP contribution in [0.1, 0.15) is 19.4 Å². The van der Waals surface area contributed by atoms with Gasteiger partial charge in [0.1, 0.15) is 5.82 Å². The summed E-state index contributed by atoms with van der Waals surface area (Å²) in [5, 5.41) is 0.669. The normalized spacial score (nSPS) is 10.6. The summed E-state index contributed by atoms with van der Waals surface area (Å²) in [4.78, 5) is 4.02. The third kappa shape index (κ3) is 3.13. The Hall–Kier alpha value is -0.700. The lowest BCUT2D eigenvalue weighted by Crippen LogP contribution is -1.92. The SMILES string of the molecule is CC(C)SCc1ccc(N)nc1. The standard InChI is InChI=1S/C9H14N2S/c1-7(2)12-6-8-3-4-9(10)11-5-8/h3-5,7H,6H2,1-2H3,(H2,10,11). The van der Waals surface area contributed by atoms with E-state index in [0.29, 0.717) is 11.1 Å². The molecule has 0 aliphatic heterocycles. The fourth-order valence-corrected chi connectivity index (χ4v) is 1.48. The van der Waals surface area contributed by atoms with Crippen molar-refractivity contribution < 1.29 is 0 Å². The number of thioether (sulfide) groups is 1. The van der Waals surface area contributed by atoms with Crippen molar-refractivity contribution >= 4 is 17.6 Å². The summed E-state index contributed by atoms with van der Waals surface area (Å²) >= 11 is 1.91. The first-order chi connectivity index (χ1) is 5.68. The Kier molecular flexibility index (Phi) is 3.41. The molecule has 0 aliphatic rings. The van der Waals surface area contributed by atoms with Gasteiger partial charge < -0.3 is 5.73 Å². The van der Waals surface area contributed by atoms with Crippen LogP contribution in [0.25, 0.3) is 0 Å². The van der Waals surface area contributed by atoms with Crippen molar-refractivity contribution in [2.75, 3.05) is 5.73 Å². The minimum atomic E-state index is 0.591. The van der Waals surface area contributed by atoms with Gasteiger partial charge >= 0.3 is 0 Å². The molecule has 0 fully saturated rings. The van der Waals surface area contributed by atoms with Crippen molar-refractivity contribution in [1.29, 1.82) is 0 Å². The number of nitrogens with two attached hydrogens (primary N) is 1. The van der Waals surface area contributed by atoms with E-state index >= 15 is 0 Å². The number of pyridine rings is 1. The number of anilines is 1. The Balaban J connectivity index is 2.48. The van der Waals surface area contributed by atoms with E-state index in [1.165, 1.54) is 5.56 Å². The minimum absolute atomic E-state index is 0.591. The summed E-state index contributed by atoms with van der Waals surface area (Å²) in [5.41, 5.74) is 6.70. The smallest absolute Gasteiger partial charge is 0.123 e. The largest absolute Gasteiger partial charge is 0.384 e. The topological polar surface area (TPSA) is 38.9 Å². The van der Waals surface area contributed by atoms with E-state index in [9.17, 15) is 0 Å². The molecule has 66 valence electrons. The van der Waals surface area contributed by atoms with Crippen LogP contribution < -0.4 is 5.73 Å². The maximum absolute atomic E-state index is 5.46. The minimum Gasteiger partial charge on any atom is -0.384 e. The molecule has 0 aliphatic carbocycles. The van der Waals surface area contributed by atoms with Crippen LogP contribution >= 0.6 is 11.8 Å². The monoisotopic (exact) mass is 182 g/mol. The number of hydrogen-bond donors (Lipinski definition) is 1. The van der Waals surface area contributed by atoms with Crippen LogP contribution in [0, 0.1) is 0 Å². The maximum atomic E-state index is 5.46. The zero-order chi connectivity index (χ0) is 8.97. The summed E-state index contributed by atoms with van der Waals surface area (Å²) < 4.78 is 0. The van der Waals surface area contributed by atoms with Gasteiger partial charge in [0, 0.05) is 11.9 Å². The van der Waals surface area contributed by atoms with Gasteiger partial charge in [0.05, 0.1) is 0 Å². The second kappa shape index (κ2) is 4.36. The van der Waals surface area contributed by atoms with Crippen molar-refractivity contribution in [3.63, 3.8) is 0 Å². The van der Waals surface area contributed by atoms with Crippen LogP contribution in [-0.4, -0.2) is 10.2 Å². The molecule has 0 unspecified atom stereocenters. The number of nitrogens with zero attached hydrogens (tertiary/aromatic N) is 1. The lowest BCUT2D eigenvalue weighted by Gasteiger charge is -2.03. The lowest BCUT2D eigenvalue weighted by atomic mass is 10.3. The molecule has 1 heterocycles. The Morgan fingerprint density at radius 3 is 2.75 bits per heavy atom. The predicted molar refractivity (Wildman–Crippen MR) is 55.1 cm³/mol. The van der Waals surface area contributed by atoms with E-state index < -0.39 is 0 Å². The molecule has 12 heavy (non-hydrogen) atoms. The zero-order valence-electron chi connectivity index (χ0n) is 7.45. The van der Waals surface area contributed by atoms with E-state index in [2.05, 4.69) is 18.8 Å². The summed E-state index contributed by atoms with van der Waals surface area (Å²) in [6.07, 6.45) is 1.84. The van der Waals surface area contributed by atoms with Gasteiger partial charge in [-0.15, -0.1) is 0 Å². The number of hydrogen-bond acceptors (Lipinski definition) is 3. The molecule has 1 rings (SSSR count). The first kappa shape index (κ1) is 9.39. The first-order valence-electron chi connectivity index (χ1n) is 4.00. The summed E-state index contributed by atoms with van der Waals surface area (Å²) in [6, 6.07) is 3.87. The quantitative estimate of drug-likeness (QED) is 0.779. The molecule has 1 aromatic heterocycles. The van der Waals surface area contributed by atoms with Gasteiger partial charge in [0.15, 0.2) is 0 Å². The van der Waals surface area contributed by atoms with E-state index in [1.807, 2.05) is 30.1 Å². The predicted octanol–water partition coefficient (Wildman–Crippen LogP) is 2.31. The van der Waals surface area contributed by atoms with E-state index in [1.54, 1.807) is 0 Å². The molecule has 2 nitrogen and oxygen atoms in total. The highest BCUT2D eigenvalue weighted by Crippen LogP contribution is 2.16. The molecular weight excluding hydrogens is 168 g/mol. The van der Waals surface area contributed by atoms with Crippen molar-refractivity contribution in [2.45, 2.75) is 24.9 Å². The third-order valence-corrected chi connectivity index (χ3v) is 2.60. The molecule has 0 amide bonds. The highest BCUT2D eigenvalue weighted by atomic mass is 32.2. The van der Waals surface area contributed by atoms with Crippen LogP contribution in [-0.2, 0) is 5.75 Å². The fraction of sp³-hybridized carbons (Fsp3) is 0.444. The molecule has 0 aromatic carbocycles. The van der Waals surface area contributed by atoms with Gasteiger partial charge in [-0.25, -0.2) is 4.98 Å². The Labute approximate surface area is 77.6 Å². The van der Waals surface area contributed by atoms with Crippen LogP contribution in [0.4, 0.5) is 5.82 Å². The zero-order valence-corrected chi connectivity index (χ0v) is 8.27. The molecule has 0 bridgehead atoms. The number of rotatable bonds is 3. The van der Waals surface area contributed by atoms with Crippen molar-refractivity contribution in [2.24, 2.45) is 0 Å². The lowest BCUT2D eigenvalue weighted by molar-refractivity contribution is 1.11. The number of nitrogen functional groups attached to an aromatic ring is 1. The molecule has 3 heteroatoms. The van der Waals surface area contributed by atoms with Gasteiger partial charge in [-0.3, -0.25) is 0 Å². The highest BCUT2D eigenvalue weighted by Gasteiger charge is 1.96. The van der Waals surface area contributed by atoms with Gasteiger partial charge in [-0.05, 0) is 16.9 Å². The molecular formula is C9H14N2S. The molecule has 1 aromatic rings. The van der Waals surface area contributed by atoms with Crippen molar-refractivity contribution in [1.82, 2.24) is 4.98 Å². The van der Waals surface area contributed by atoms with Crippen LogP contribution in [0.3, 0.4) is 0 Å². The van der Waals surface area contributed by atoms with Gasteiger partial charge in [0.2, 0.25) is 0 Å². The molecule has 0 radical (unpaired) electrons. The van der Waals surface area contributed by atoms with E-state index in [4.69, 9.17) is 5.73 Å². The van der Waals surface area contributed by atoms with Crippen LogP contribution in [0.5, 0.6) is 0 Å². The van der Waals surface area contributed by atoms with Crippen molar-refractivity contribution in [3.05, 3.63) is 23.9 Å². The summed E-state index contributed by atoms with van der Waals surface area (Å²) in [5.74, 6) is 1.61. The van der Waals surface area contributed by atoms with E-state index in [0.717, 1.165) is 5.75 Å². The second-order valence-corrected chi connectivity index (χ2v) is 4.52.